The summed E-state index contributed by atoms with van der Waals surface area (Å²) in [4.78, 5) is 0. The molecular formula is C18H28F5NO3Si. The van der Waals surface area contributed by atoms with Gasteiger partial charge < -0.3 is 13.3 Å². The van der Waals surface area contributed by atoms with E-state index in [0.29, 0.717) is 0 Å². The molecule has 162 valence electrons. The Balaban J connectivity index is 2.93. The molecule has 0 amide bonds. The number of hydrogen-bond acceptors (Lipinski definition) is 4. The first-order valence-electron chi connectivity index (χ1n) is 9.18. The van der Waals surface area contributed by atoms with Crippen molar-refractivity contribution in [3.8, 4) is 0 Å². The second-order valence-electron chi connectivity index (χ2n) is 7.19. The van der Waals surface area contributed by atoms with Gasteiger partial charge in [-0.15, -0.1) is 0 Å². The van der Waals surface area contributed by atoms with Gasteiger partial charge in [-0.25, -0.2) is 22.7 Å². The Morgan fingerprint density at radius 2 is 1.29 bits per heavy atom. The van der Waals surface area contributed by atoms with Gasteiger partial charge in [0, 0.05) is 30.4 Å². The summed E-state index contributed by atoms with van der Waals surface area (Å²) in [7, 11) is -3.19. The van der Waals surface area contributed by atoms with E-state index >= 15 is 0 Å². The minimum atomic E-state index is -3.19. The molecule has 0 spiro atoms. The molecule has 1 rings (SSSR count). The predicted octanol–water partition coefficient (Wildman–Crippen LogP) is 5.54. The van der Waals surface area contributed by atoms with Crippen molar-refractivity contribution in [2.24, 2.45) is 0 Å². The third-order valence-electron chi connectivity index (χ3n) is 3.43. The molecule has 0 N–H and O–H groups in total. The molecule has 28 heavy (non-hydrogen) atoms. The largest absolute Gasteiger partial charge is 0.501 e. The Labute approximate surface area is 163 Å². The lowest BCUT2D eigenvalue weighted by Crippen LogP contribution is -2.50. The fourth-order valence-corrected chi connectivity index (χ4v) is 5.90. The van der Waals surface area contributed by atoms with E-state index in [4.69, 9.17) is 13.3 Å². The van der Waals surface area contributed by atoms with Crippen molar-refractivity contribution in [2.45, 2.75) is 72.3 Å². The summed E-state index contributed by atoms with van der Waals surface area (Å²) in [5, 5.41) is -0.166. The Hall–Kier alpha value is -1.23. The number of benzene rings is 1. The molecule has 0 unspecified atom stereocenters. The van der Waals surface area contributed by atoms with E-state index in [1.807, 2.05) is 41.5 Å². The molecule has 0 bridgehead atoms. The van der Waals surface area contributed by atoms with Gasteiger partial charge in [-0.1, -0.05) is 4.48 Å². The molecule has 0 fully saturated rings. The number of halogens is 5. The second kappa shape index (κ2) is 10.5. The van der Waals surface area contributed by atoms with Crippen LogP contribution in [0.4, 0.5) is 27.7 Å². The molecule has 0 aliphatic carbocycles. The summed E-state index contributed by atoms with van der Waals surface area (Å²) in [5.41, 5.74) is -1.01. The molecule has 0 heterocycles. The van der Waals surface area contributed by atoms with E-state index in [0.717, 1.165) is 0 Å². The zero-order valence-corrected chi connectivity index (χ0v) is 18.0. The number of anilines is 1. The standard InChI is InChI=1S/C18H28F5NO3Si/c1-11(2)25-28(26-12(3)4,27-13(5)6)9-7-8-24(23)15-10-14(19)16(20)18(22)17(15)21/h10-13H,7-9H2,1-6H3. The minimum absolute atomic E-state index is 0.0922. The summed E-state index contributed by atoms with van der Waals surface area (Å²) >= 11 is 0. The van der Waals surface area contributed by atoms with Crippen LogP contribution < -0.4 is 5.12 Å². The van der Waals surface area contributed by atoms with Gasteiger partial charge in [0.05, 0.1) is 6.54 Å². The highest BCUT2D eigenvalue weighted by atomic mass is 28.4. The van der Waals surface area contributed by atoms with Crippen LogP contribution in [0.5, 0.6) is 0 Å². The van der Waals surface area contributed by atoms with E-state index < -0.39 is 44.3 Å². The molecule has 0 atom stereocenters. The molecule has 10 heteroatoms. The van der Waals surface area contributed by atoms with Crippen LogP contribution in [0.15, 0.2) is 6.07 Å². The van der Waals surface area contributed by atoms with Crippen molar-refractivity contribution >= 4 is 14.5 Å². The Morgan fingerprint density at radius 3 is 1.71 bits per heavy atom. The van der Waals surface area contributed by atoms with Gasteiger partial charge in [0.15, 0.2) is 23.3 Å². The maximum absolute atomic E-state index is 14.3. The van der Waals surface area contributed by atoms with Crippen LogP contribution in [0.2, 0.25) is 6.04 Å². The quantitative estimate of drug-likeness (QED) is 0.152. The second-order valence-corrected chi connectivity index (χ2v) is 9.76. The SMILES string of the molecule is CC(C)O[Si](CCCN(F)c1cc(F)c(F)c(F)c1F)(OC(C)C)OC(C)C. The zero-order valence-electron chi connectivity index (χ0n) is 17.0. The highest BCUT2D eigenvalue weighted by molar-refractivity contribution is 6.60. The molecule has 1 aromatic rings. The highest BCUT2D eigenvalue weighted by Gasteiger charge is 2.43. The van der Waals surface area contributed by atoms with Gasteiger partial charge in [-0.05, 0) is 48.0 Å². The van der Waals surface area contributed by atoms with Crippen LogP contribution >= 0.6 is 0 Å². The molecule has 0 aromatic heterocycles. The summed E-state index contributed by atoms with van der Waals surface area (Å²) in [6.07, 6.45) is -0.523. The van der Waals surface area contributed by atoms with E-state index in [9.17, 15) is 22.0 Å². The van der Waals surface area contributed by atoms with Gasteiger partial charge in [0.1, 0.15) is 5.69 Å². The first-order chi connectivity index (χ1) is 12.9. The first-order valence-corrected chi connectivity index (χ1v) is 11.1. The van der Waals surface area contributed by atoms with Gasteiger partial charge in [0.25, 0.3) is 0 Å². The normalized spacial score (nSPS) is 12.5. The van der Waals surface area contributed by atoms with Crippen molar-refractivity contribution < 1.29 is 35.3 Å². The molecule has 4 nitrogen and oxygen atoms in total. The Bertz CT molecular complexity index is 620. The monoisotopic (exact) mass is 429 g/mol. The number of rotatable bonds is 11. The van der Waals surface area contributed by atoms with Crippen LogP contribution in [0.1, 0.15) is 48.0 Å². The van der Waals surface area contributed by atoms with Crippen LogP contribution in [0.3, 0.4) is 0 Å². The van der Waals surface area contributed by atoms with E-state index in [1.165, 1.54) is 0 Å². The average molecular weight is 430 g/mol. The Morgan fingerprint density at radius 1 is 0.821 bits per heavy atom. The summed E-state index contributed by atoms with van der Waals surface area (Å²) < 4.78 is 85.5. The van der Waals surface area contributed by atoms with Crippen LogP contribution in [0.25, 0.3) is 0 Å². The van der Waals surface area contributed by atoms with Crippen LogP contribution in [-0.2, 0) is 13.3 Å². The molecule has 0 saturated carbocycles. The van der Waals surface area contributed by atoms with Crippen molar-refractivity contribution in [3.05, 3.63) is 29.3 Å². The minimum Gasteiger partial charge on any atom is -0.371 e. The topological polar surface area (TPSA) is 30.9 Å². The van der Waals surface area contributed by atoms with Crippen LogP contribution in [-0.4, -0.2) is 33.7 Å². The fourth-order valence-electron chi connectivity index (χ4n) is 2.63. The van der Waals surface area contributed by atoms with Crippen molar-refractivity contribution in [3.63, 3.8) is 0 Å². The molecule has 0 saturated heterocycles. The van der Waals surface area contributed by atoms with Gasteiger partial charge in [-0.3, -0.25) is 0 Å². The number of hydrogen-bond donors (Lipinski definition) is 0. The van der Waals surface area contributed by atoms with E-state index in [1.54, 1.807) is 0 Å². The molecule has 0 radical (unpaired) electrons. The maximum atomic E-state index is 14.3. The fraction of sp³-hybridized carbons (Fsp3) is 0.667. The smallest absolute Gasteiger partial charge is 0.371 e. The zero-order chi connectivity index (χ0) is 21.6. The lowest BCUT2D eigenvalue weighted by molar-refractivity contribution is 0.00291. The molecular weight excluding hydrogens is 401 g/mol. The van der Waals surface area contributed by atoms with Gasteiger partial charge in [0.2, 0.25) is 0 Å². The first kappa shape index (κ1) is 24.8. The Kier molecular flexibility index (Phi) is 9.32. The van der Waals surface area contributed by atoms with Crippen LogP contribution in [0, 0.1) is 23.3 Å². The summed E-state index contributed by atoms with van der Waals surface area (Å²) in [5.74, 6) is -7.51. The maximum Gasteiger partial charge on any atom is 0.501 e. The van der Waals surface area contributed by atoms with Gasteiger partial charge in [-0.2, -0.15) is 0 Å². The molecule has 1 aromatic carbocycles. The van der Waals surface area contributed by atoms with E-state index in [2.05, 4.69) is 0 Å². The lowest BCUT2D eigenvalue weighted by Gasteiger charge is -2.34. The highest BCUT2D eigenvalue weighted by Crippen LogP contribution is 2.28. The third kappa shape index (κ3) is 6.98. The predicted molar refractivity (Wildman–Crippen MR) is 98.6 cm³/mol. The number of nitrogens with zero attached hydrogens (tertiary/aromatic N) is 1. The third-order valence-corrected chi connectivity index (χ3v) is 6.89. The average Bonchev–Trinajstić information content (AvgIpc) is 2.53. The molecule has 0 aliphatic rings. The van der Waals surface area contributed by atoms with Gasteiger partial charge >= 0.3 is 8.80 Å². The van der Waals surface area contributed by atoms with Crippen molar-refractivity contribution in [1.82, 2.24) is 0 Å². The van der Waals surface area contributed by atoms with E-state index in [-0.39, 0.29) is 42.0 Å². The van der Waals surface area contributed by atoms with Crippen molar-refractivity contribution in [1.29, 1.82) is 0 Å². The van der Waals surface area contributed by atoms with Crippen molar-refractivity contribution in [2.75, 3.05) is 11.7 Å². The summed E-state index contributed by atoms with van der Waals surface area (Å²) in [6.45, 7) is 10.5. The lowest BCUT2D eigenvalue weighted by atomic mass is 10.2. The molecule has 0 aliphatic heterocycles. The summed E-state index contributed by atoms with van der Waals surface area (Å²) in [6, 6.07) is 0.480.